The highest BCUT2D eigenvalue weighted by atomic mass is 19.1. The van der Waals surface area contributed by atoms with Crippen LogP contribution in [0.25, 0.3) is 0 Å². The number of hydrogen-bond acceptors (Lipinski definition) is 3. The number of rotatable bonds is 3. The molecule has 0 unspecified atom stereocenters. The maximum absolute atomic E-state index is 11.5. The molecule has 0 radical (unpaired) electrons. The molecule has 0 fully saturated rings. The minimum atomic E-state index is -0.887. The highest BCUT2D eigenvalue weighted by Gasteiger charge is 1.93. The van der Waals surface area contributed by atoms with E-state index in [1.54, 1.807) is 0 Å². The van der Waals surface area contributed by atoms with E-state index in [0.717, 1.165) is 0 Å². The van der Waals surface area contributed by atoms with Crippen LogP contribution in [0.3, 0.4) is 0 Å². The Morgan fingerprint density at radius 1 is 1.64 bits per heavy atom. The van der Waals surface area contributed by atoms with Crippen LogP contribution < -0.4 is 4.74 Å². The van der Waals surface area contributed by atoms with E-state index >= 15 is 0 Å². The summed E-state index contributed by atoms with van der Waals surface area (Å²) in [6.07, 6.45) is 1.91. The predicted molar refractivity (Wildman–Crippen MR) is 36.2 cm³/mol. The van der Waals surface area contributed by atoms with E-state index in [4.69, 9.17) is 0 Å². The van der Waals surface area contributed by atoms with Crippen molar-refractivity contribution in [1.29, 1.82) is 0 Å². The van der Waals surface area contributed by atoms with Gasteiger partial charge in [-0.2, -0.15) is 0 Å². The molecule has 58 valence electrons. The van der Waals surface area contributed by atoms with Crippen molar-refractivity contribution in [1.82, 2.24) is 4.98 Å². The number of ether oxygens (including phenoxy) is 1. The number of aldehydes is 1. The van der Waals surface area contributed by atoms with Gasteiger partial charge >= 0.3 is 0 Å². The molecule has 0 bridgehead atoms. The molecule has 0 saturated heterocycles. The molecule has 0 aliphatic carbocycles. The van der Waals surface area contributed by atoms with Crippen LogP contribution in [0.5, 0.6) is 5.75 Å². The van der Waals surface area contributed by atoms with Gasteiger partial charge in [0.2, 0.25) is 6.86 Å². The maximum atomic E-state index is 11.5. The zero-order valence-corrected chi connectivity index (χ0v) is 5.66. The minimum Gasteiger partial charge on any atom is -0.461 e. The Labute approximate surface area is 62.8 Å². The average Bonchev–Trinajstić information content (AvgIpc) is 2.07. The van der Waals surface area contributed by atoms with Crippen LogP contribution >= 0.6 is 0 Å². The van der Waals surface area contributed by atoms with Crippen LogP contribution in [0.2, 0.25) is 0 Å². The van der Waals surface area contributed by atoms with E-state index in [0.29, 0.717) is 17.7 Å². The third-order valence-electron chi connectivity index (χ3n) is 1.10. The molecule has 1 rings (SSSR count). The zero-order valence-electron chi connectivity index (χ0n) is 5.66. The largest absolute Gasteiger partial charge is 0.461 e. The van der Waals surface area contributed by atoms with Crippen molar-refractivity contribution < 1.29 is 13.9 Å². The summed E-state index contributed by atoms with van der Waals surface area (Å²) in [5.74, 6) is 0.318. The van der Waals surface area contributed by atoms with E-state index < -0.39 is 6.86 Å². The van der Waals surface area contributed by atoms with Crippen molar-refractivity contribution in [2.75, 3.05) is 6.86 Å². The monoisotopic (exact) mass is 155 g/mol. The van der Waals surface area contributed by atoms with Crippen molar-refractivity contribution in [3.63, 3.8) is 0 Å². The van der Waals surface area contributed by atoms with E-state index in [-0.39, 0.29) is 0 Å². The van der Waals surface area contributed by atoms with Gasteiger partial charge in [0.15, 0.2) is 6.29 Å². The lowest BCUT2D eigenvalue weighted by Gasteiger charge is -1.98. The van der Waals surface area contributed by atoms with E-state index in [1.807, 2.05) is 0 Å². The lowest BCUT2D eigenvalue weighted by Crippen LogP contribution is -1.92. The fraction of sp³-hybridized carbons (Fsp3) is 0.143. The smallest absolute Gasteiger partial charge is 0.228 e. The Morgan fingerprint density at radius 2 is 2.45 bits per heavy atom. The molecule has 0 aliphatic rings. The van der Waals surface area contributed by atoms with Crippen LogP contribution in [0, 0.1) is 0 Å². The molecule has 0 aliphatic heterocycles. The van der Waals surface area contributed by atoms with Gasteiger partial charge in [-0.25, -0.2) is 9.37 Å². The van der Waals surface area contributed by atoms with Gasteiger partial charge in [-0.3, -0.25) is 4.79 Å². The second-order valence-electron chi connectivity index (χ2n) is 1.79. The first kappa shape index (κ1) is 7.65. The molecule has 1 heterocycles. The van der Waals surface area contributed by atoms with E-state index in [2.05, 4.69) is 9.72 Å². The molecule has 0 saturated carbocycles. The van der Waals surface area contributed by atoms with Gasteiger partial charge in [0.25, 0.3) is 0 Å². The van der Waals surface area contributed by atoms with Gasteiger partial charge in [0.05, 0.1) is 6.20 Å². The van der Waals surface area contributed by atoms with Gasteiger partial charge in [-0.1, -0.05) is 0 Å². The predicted octanol–water partition coefficient (Wildman–Crippen LogP) is 1.20. The quantitative estimate of drug-likeness (QED) is 0.615. The Balaban J connectivity index is 2.74. The number of carbonyl (C=O) groups excluding carboxylic acids is 1. The first-order valence-electron chi connectivity index (χ1n) is 2.97. The molecule has 0 aromatic carbocycles. The number of hydrogen-bond donors (Lipinski definition) is 0. The Hall–Kier alpha value is -1.45. The molecular formula is C7H6FNO2. The molecule has 3 nitrogen and oxygen atoms in total. The molecule has 1 aromatic rings. The van der Waals surface area contributed by atoms with Crippen LogP contribution in [0.4, 0.5) is 4.39 Å². The summed E-state index contributed by atoms with van der Waals surface area (Å²) in [7, 11) is 0. The lowest BCUT2D eigenvalue weighted by molar-refractivity contribution is 0.111. The van der Waals surface area contributed by atoms with E-state index in [1.165, 1.54) is 18.3 Å². The molecule has 0 atom stereocenters. The normalized spacial score (nSPS) is 9.18. The molecule has 0 spiro atoms. The van der Waals surface area contributed by atoms with Gasteiger partial charge in [-0.05, 0) is 12.1 Å². The van der Waals surface area contributed by atoms with Gasteiger partial charge in [-0.15, -0.1) is 0 Å². The van der Waals surface area contributed by atoms with Crippen LogP contribution in [0.1, 0.15) is 10.5 Å². The van der Waals surface area contributed by atoms with Gasteiger partial charge in [0.1, 0.15) is 11.4 Å². The molecule has 4 heteroatoms. The fourth-order valence-electron chi connectivity index (χ4n) is 0.610. The first-order valence-corrected chi connectivity index (χ1v) is 2.97. The zero-order chi connectivity index (χ0) is 8.10. The number of pyridine rings is 1. The second kappa shape index (κ2) is 3.65. The summed E-state index contributed by atoms with van der Waals surface area (Å²) in [5.41, 5.74) is 0.302. The van der Waals surface area contributed by atoms with Gasteiger partial charge in [0, 0.05) is 0 Å². The Bertz CT molecular complexity index is 235. The second-order valence-corrected chi connectivity index (χ2v) is 1.79. The lowest BCUT2D eigenvalue weighted by atomic mass is 10.4. The fourth-order valence-corrected chi connectivity index (χ4v) is 0.610. The van der Waals surface area contributed by atoms with Crippen molar-refractivity contribution in [2.45, 2.75) is 0 Å². The number of halogens is 1. The van der Waals surface area contributed by atoms with Gasteiger partial charge < -0.3 is 4.74 Å². The standard InChI is InChI=1S/C7H6FNO2/c8-5-11-7-2-1-6(4-10)9-3-7/h1-4H,5H2. The summed E-state index contributed by atoms with van der Waals surface area (Å²) in [4.78, 5) is 13.8. The van der Waals surface area contributed by atoms with Crippen molar-refractivity contribution in [2.24, 2.45) is 0 Å². The highest BCUT2D eigenvalue weighted by Crippen LogP contribution is 2.07. The van der Waals surface area contributed by atoms with Crippen molar-refractivity contribution >= 4 is 6.29 Å². The topological polar surface area (TPSA) is 39.2 Å². The maximum Gasteiger partial charge on any atom is 0.228 e. The number of carbonyl (C=O) groups is 1. The summed E-state index contributed by atoms with van der Waals surface area (Å²) in [5, 5.41) is 0. The number of alkyl halides is 1. The summed E-state index contributed by atoms with van der Waals surface area (Å²) >= 11 is 0. The Kier molecular flexibility index (Phi) is 2.54. The third kappa shape index (κ3) is 2.00. The molecule has 0 amide bonds. The molecular weight excluding hydrogens is 149 g/mol. The van der Waals surface area contributed by atoms with Crippen LogP contribution in [-0.2, 0) is 0 Å². The highest BCUT2D eigenvalue weighted by molar-refractivity contribution is 5.71. The summed E-state index contributed by atoms with van der Waals surface area (Å²) in [6.45, 7) is -0.887. The number of aromatic nitrogens is 1. The third-order valence-corrected chi connectivity index (χ3v) is 1.10. The summed E-state index contributed by atoms with van der Waals surface area (Å²) < 4.78 is 16.0. The van der Waals surface area contributed by atoms with Crippen molar-refractivity contribution in [3.05, 3.63) is 24.0 Å². The minimum absolute atomic E-state index is 0.302. The number of nitrogens with zero attached hydrogens (tertiary/aromatic N) is 1. The summed E-state index contributed by atoms with van der Waals surface area (Å²) in [6, 6.07) is 2.94. The molecule has 11 heavy (non-hydrogen) atoms. The van der Waals surface area contributed by atoms with Crippen molar-refractivity contribution in [3.8, 4) is 5.75 Å². The van der Waals surface area contributed by atoms with Crippen LogP contribution in [-0.4, -0.2) is 18.1 Å². The molecule has 1 aromatic heterocycles. The molecule has 0 N–H and O–H groups in total. The SMILES string of the molecule is O=Cc1ccc(OCF)cn1. The average molecular weight is 155 g/mol. The Morgan fingerprint density at radius 3 is 2.91 bits per heavy atom. The van der Waals surface area contributed by atoms with Crippen LogP contribution in [0.15, 0.2) is 18.3 Å². The van der Waals surface area contributed by atoms with E-state index in [9.17, 15) is 9.18 Å². The first-order chi connectivity index (χ1) is 5.36.